The van der Waals surface area contributed by atoms with Gasteiger partial charge in [-0.25, -0.2) is 9.97 Å². The fraction of sp³-hybridized carbons (Fsp3) is 0. The molecule has 0 aliphatic heterocycles. The van der Waals surface area contributed by atoms with E-state index in [1.54, 1.807) is 12.1 Å². The van der Waals surface area contributed by atoms with Gasteiger partial charge in [0.1, 0.15) is 0 Å². The third-order valence-corrected chi connectivity index (χ3v) is 6.55. The van der Waals surface area contributed by atoms with Crippen molar-refractivity contribution in [3.8, 4) is 57.0 Å². The first kappa shape index (κ1) is 22.9. The van der Waals surface area contributed by atoms with Gasteiger partial charge in [0, 0.05) is 22.1 Å². The standard InChI is InChI=1S/C34H20N4/c35-21-23-11-15-27(16-12-23)32-31-20-29(25-7-3-1-4-8-25)19-30(26-9-5-2-6-10-26)33(31)38-34(37-32)28-17-13-24(22-36)14-18-28/h1-20H. The van der Waals surface area contributed by atoms with Gasteiger partial charge in [-0.3, -0.25) is 0 Å². The van der Waals surface area contributed by atoms with E-state index in [-0.39, 0.29) is 0 Å². The molecule has 0 saturated carbocycles. The largest absolute Gasteiger partial charge is 0.227 e. The van der Waals surface area contributed by atoms with Gasteiger partial charge < -0.3 is 0 Å². The number of rotatable bonds is 4. The van der Waals surface area contributed by atoms with Crippen LogP contribution in [-0.2, 0) is 0 Å². The van der Waals surface area contributed by atoms with Crippen molar-refractivity contribution in [2.24, 2.45) is 0 Å². The van der Waals surface area contributed by atoms with Crippen molar-refractivity contribution in [2.75, 3.05) is 0 Å². The van der Waals surface area contributed by atoms with Crippen molar-refractivity contribution in [3.05, 3.63) is 132 Å². The fourth-order valence-electron chi connectivity index (χ4n) is 4.61. The van der Waals surface area contributed by atoms with Crippen LogP contribution in [0.4, 0.5) is 0 Å². The molecule has 176 valence electrons. The van der Waals surface area contributed by atoms with Gasteiger partial charge in [0.15, 0.2) is 5.82 Å². The van der Waals surface area contributed by atoms with Crippen molar-refractivity contribution in [2.45, 2.75) is 0 Å². The van der Waals surface area contributed by atoms with Crippen LogP contribution in [0.15, 0.2) is 121 Å². The lowest BCUT2D eigenvalue weighted by Crippen LogP contribution is -1.98. The van der Waals surface area contributed by atoms with Crippen LogP contribution in [0.5, 0.6) is 0 Å². The maximum Gasteiger partial charge on any atom is 0.160 e. The minimum atomic E-state index is 0.575. The third-order valence-electron chi connectivity index (χ3n) is 6.55. The smallest absolute Gasteiger partial charge is 0.160 e. The number of nitrogens with zero attached hydrogens (tertiary/aromatic N) is 4. The zero-order valence-corrected chi connectivity index (χ0v) is 20.3. The first-order chi connectivity index (χ1) is 18.7. The molecule has 0 radical (unpaired) electrons. The van der Waals surface area contributed by atoms with E-state index in [4.69, 9.17) is 9.97 Å². The Labute approximate surface area is 220 Å². The van der Waals surface area contributed by atoms with Gasteiger partial charge in [-0.2, -0.15) is 10.5 Å². The van der Waals surface area contributed by atoms with Crippen LogP contribution < -0.4 is 0 Å². The Morgan fingerprint density at radius 2 is 1.03 bits per heavy atom. The zero-order valence-electron chi connectivity index (χ0n) is 20.3. The highest BCUT2D eigenvalue weighted by Crippen LogP contribution is 2.38. The average Bonchev–Trinajstić information content (AvgIpc) is 3.01. The molecule has 6 rings (SSSR count). The van der Waals surface area contributed by atoms with Crippen LogP contribution in [-0.4, -0.2) is 9.97 Å². The van der Waals surface area contributed by atoms with E-state index in [2.05, 4.69) is 48.5 Å². The van der Waals surface area contributed by atoms with E-state index in [9.17, 15) is 10.5 Å². The Kier molecular flexibility index (Phi) is 5.91. The van der Waals surface area contributed by atoms with Crippen LogP contribution >= 0.6 is 0 Å². The van der Waals surface area contributed by atoms with Gasteiger partial charge >= 0.3 is 0 Å². The molecule has 0 atom stereocenters. The molecule has 1 aromatic heterocycles. The second kappa shape index (κ2) is 9.82. The summed E-state index contributed by atoms with van der Waals surface area (Å²) in [5, 5.41) is 19.5. The minimum Gasteiger partial charge on any atom is -0.227 e. The lowest BCUT2D eigenvalue weighted by molar-refractivity contribution is 1.23. The van der Waals surface area contributed by atoms with Gasteiger partial charge in [0.25, 0.3) is 0 Å². The number of fused-ring (bicyclic) bond motifs is 1. The van der Waals surface area contributed by atoms with Gasteiger partial charge in [-0.15, -0.1) is 0 Å². The Morgan fingerprint density at radius 3 is 1.61 bits per heavy atom. The van der Waals surface area contributed by atoms with Crippen LogP contribution in [0.3, 0.4) is 0 Å². The predicted octanol–water partition coefficient (Wildman–Crippen LogP) is 8.04. The predicted molar refractivity (Wildman–Crippen MR) is 151 cm³/mol. The van der Waals surface area contributed by atoms with E-state index >= 15 is 0 Å². The quantitative estimate of drug-likeness (QED) is 0.254. The van der Waals surface area contributed by atoms with E-state index in [0.717, 1.165) is 50.0 Å². The number of hydrogen-bond acceptors (Lipinski definition) is 4. The molecule has 0 spiro atoms. The summed E-state index contributed by atoms with van der Waals surface area (Å²) < 4.78 is 0. The molecule has 0 fully saturated rings. The Morgan fingerprint density at radius 1 is 0.474 bits per heavy atom. The highest BCUT2D eigenvalue weighted by atomic mass is 14.9. The van der Waals surface area contributed by atoms with Gasteiger partial charge in [0.2, 0.25) is 0 Å². The monoisotopic (exact) mass is 484 g/mol. The Balaban J connectivity index is 1.70. The maximum atomic E-state index is 9.33. The molecule has 0 saturated heterocycles. The van der Waals surface area contributed by atoms with Crippen molar-refractivity contribution in [1.82, 2.24) is 9.97 Å². The van der Waals surface area contributed by atoms with Gasteiger partial charge in [0.05, 0.1) is 34.5 Å². The van der Waals surface area contributed by atoms with Crippen molar-refractivity contribution in [1.29, 1.82) is 10.5 Å². The molecular formula is C34H20N4. The SMILES string of the molecule is N#Cc1ccc(-c2nc(-c3ccc(C#N)cc3)c3cc(-c4ccccc4)cc(-c4ccccc4)c3n2)cc1. The first-order valence-electron chi connectivity index (χ1n) is 12.2. The van der Waals surface area contributed by atoms with Crippen molar-refractivity contribution >= 4 is 10.9 Å². The van der Waals surface area contributed by atoms with Crippen LogP contribution in [0.25, 0.3) is 55.8 Å². The molecule has 0 N–H and O–H groups in total. The molecule has 38 heavy (non-hydrogen) atoms. The molecule has 4 nitrogen and oxygen atoms in total. The summed E-state index contributed by atoms with van der Waals surface area (Å²) in [6, 6.07) is 44.0. The number of hydrogen-bond donors (Lipinski definition) is 0. The van der Waals surface area contributed by atoms with Gasteiger partial charge in [-0.1, -0.05) is 72.8 Å². The van der Waals surface area contributed by atoms with Crippen LogP contribution in [0.1, 0.15) is 11.1 Å². The summed E-state index contributed by atoms with van der Waals surface area (Å²) in [5.41, 5.74) is 8.77. The molecule has 5 aromatic carbocycles. The third kappa shape index (κ3) is 4.28. The van der Waals surface area contributed by atoms with E-state index < -0.39 is 0 Å². The second-order valence-electron chi connectivity index (χ2n) is 8.93. The second-order valence-corrected chi connectivity index (χ2v) is 8.93. The van der Waals surface area contributed by atoms with Crippen LogP contribution in [0.2, 0.25) is 0 Å². The number of aromatic nitrogens is 2. The fourth-order valence-corrected chi connectivity index (χ4v) is 4.61. The van der Waals surface area contributed by atoms with Crippen LogP contribution in [0, 0.1) is 22.7 Å². The highest BCUT2D eigenvalue weighted by molar-refractivity contribution is 6.04. The molecule has 6 aromatic rings. The Bertz CT molecular complexity index is 1840. The summed E-state index contributed by atoms with van der Waals surface area (Å²) in [6.45, 7) is 0. The van der Waals surface area contributed by atoms with Crippen molar-refractivity contribution in [3.63, 3.8) is 0 Å². The normalized spacial score (nSPS) is 10.6. The Hall–Kier alpha value is -5.58. The van der Waals surface area contributed by atoms with Gasteiger partial charge in [-0.05, 0) is 65.2 Å². The molecular weight excluding hydrogens is 464 g/mol. The highest BCUT2D eigenvalue weighted by Gasteiger charge is 2.17. The number of benzene rings is 5. The zero-order chi connectivity index (χ0) is 25.9. The first-order valence-corrected chi connectivity index (χ1v) is 12.2. The summed E-state index contributed by atoms with van der Waals surface area (Å²) in [5.74, 6) is 0.575. The van der Waals surface area contributed by atoms with Crippen molar-refractivity contribution < 1.29 is 0 Å². The maximum absolute atomic E-state index is 9.33. The molecule has 0 bridgehead atoms. The molecule has 1 heterocycles. The summed E-state index contributed by atoms with van der Waals surface area (Å²) in [4.78, 5) is 10.1. The number of nitriles is 2. The summed E-state index contributed by atoms with van der Waals surface area (Å²) >= 11 is 0. The lowest BCUT2D eigenvalue weighted by atomic mass is 9.93. The molecule has 4 heteroatoms. The summed E-state index contributed by atoms with van der Waals surface area (Å²) in [7, 11) is 0. The van der Waals surface area contributed by atoms with E-state index in [1.165, 1.54) is 0 Å². The minimum absolute atomic E-state index is 0.575. The molecule has 0 unspecified atom stereocenters. The molecule has 0 aliphatic rings. The molecule has 0 amide bonds. The van der Waals surface area contributed by atoms with E-state index in [1.807, 2.05) is 72.8 Å². The molecule has 0 aliphatic carbocycles. The average molecular weight is 485 g/mol. The topological polar surface area (TPSA) is 73.4 Å². The van der Waals surface area contributed by atoms with E-state index in [0.29, 0.717) is 17.0 Å². The lowest BCUT2D eigenvalue weighted by Gasteiger charge is -2.15. The summed E-state index contributed by atoms with van der Waals surface area (Å²) in [6.07, 6.45) is 0.